The lowest BCUT2D eigenvalue weighted by Crippen LogP contribution is -2.28. The van der Waals surface area contributed by atoms with Crippen molar-refractivity contribution >= 4 is 45.5 Å². The Hall–Kier alpha value is -1.58. The van der Waals surface area contributed by atoms with Crippen LogP contribution in [-0.2, 0) is 38.1 Å². The summed E-state index contributed by atoms with van der Waals surface area (Å²) in [5, 5.41) is 32.7. The zero-order valence-corrected chi connectivity index (χ0v) is 17.7. The summed E-state index contributed by atoms with van der Waals surface area (Å²) in [7, 11) is 1.51. The number of carbonyl (C=O) groups excluding carboxylic acids is 4. The molecule has 0 amide bonds. The van der Waals surface area contributed by atoms with Crippen molar-refractivity contribution in [3.8, 4) is 0 Å². The Morgan fingerprint density at radius 1 is 0.567 bits per heavy atom. The largest absolute Gasteiger partial charge is 0.463 e. The molecule has 0 radical (unpaired) electrons. The first-order chi connectivity index (χ1) is 14.4. The van der Waals surface area contributed by atoms with Crippen molar-refractivity contribution in [1.82, 2.24) is 0 Å². The van der Waals surface area contributed by atoms with Gasteiger partial charge in [0.1, 0.15) is 36.9 Å². The van der Waals surface area contributed by atoms with Gasteiger partial charge in [-0.05, 0) is 0 Å². The molecule has 0 aliphatic carbocycles. The van der Waals surface area contributed by atoms with Crippen molar-refractivity contribution in [3.05, 3.63) is 0 Å². The predicted molar refractivity (Wildman–Crippen MR) is 104 cm³/mol. The number of ether oxygens (including phenoxy) is 4. The number of carbonyl (C=O) groups is 4. The first-order valence-electron chi connectivity index (χ1n) is 8.79. The lowest BCUT2D eigenvalue weighted by molar-refractivity contribution is -0.150. The number of aliphatic hydroxyl groups excluding tert-OH is 4. The zero-order valence-electron chi connectivity index (χ0n) is 16.1. The second kappa shape index (κ2) is 18.2. The minimum Gasteiger partial charge on any atom is -0.463 e. The van der Waals surface area contributed by atoms with E-state index in [1.165, 1.54) is 0 Å². The lowest BCUT2D eigenvalue weighted by Gasteiger charge is -2.18. The molecule has 0 spiro atoms. The maximum absolute atomic E-state index is 12.1. The Kier molecular flexibility index (Phi) is 17.3. The van der Waals surface area contributed by atoms with E-state index in [2.05, 4.69) is 0 Å². The van der Waals surface area contributed by atoms with Crippen LogP contribution in [0.1, 0.15) is 12.8 Å². The van der Waals surface area contributed by atoms with Crippen molar-refractivity contribution in [2.24, 2.45) is 0 Å². The maximum atomic E-state index is 12.1. The second-order valence-electron chi connectivity index (χ2n) is 5.25. The quantitative estimate of drug-likeness (QED) is 0.103. The van der Waals surface area contributed by atoms with Gasteiger partial charge in [-0.25, -0.2) is 0 Å². The van der Waals surface area contributed by atoms with E-state index in [9.17, 15) is 19.2 Å². The number of hydrogen-bond acceptors (Lipinski definition) is 14. The predicted octanol–water partition coefficient (Wildman–Crippen LogP) is -1.97. The van der Waals surface area contributed by atoms with Crippen molar-refractivity contribution in [2.75, 3.05) is 52.9 Å². The minimum absolute atomic E-state index is 0.262. The molecule has 0 aromatic carbocycles. The summed E-state index contributed by atoms with van der Waals surface area (Å²) >= 11 is 0. The van der Waals surface area contributed by atoms with E-state index in [-0.39, 0.29) is 26.4 Å². The van der Waals surface area contributed by atoms with E-state index in [1.54, 1.807) is 0 Å². The van der Waals surface area contributed by atoms with Gasteiger partial charge in [0.2, 0.25) is 0 Å². The SMILES string of the molecule is O=C(CC(SSC(CC(=O)OCCO)C(=O)OCCO)C(=O)OCCO)OCCO. The van der Waals surface area contributed by atoms with Crippen LogP contribution in [0.3, 0.4) is 0 Å². The van der Waals surface area contributed by atoms with Crippen molar-refractivity contribution in [1.29, 1.82) is 0 Å². The molecule has 0 aliphatic rings. The Balaban J connectivity index is 5.09. The van der Waals surface area contributed by atoms with Gasteiger partial charge in [0, 0.05) is 0 Å². The average molecular weight is 475 g/mol. The van der Waals surface area contributed by atoms with Crippen LogP contribution in [0.4, 0.5) is 0 Å². The Morgan fingerprint density at radius 2 is 0.867 bits per heavy atom. The molecule has 0 aliphatic heterocycles. The number of rotatable bonds is 17. The van der Waals surface area contributed by atoms with Gasteiger partial charge in [-0.2, -0.15) is 0 Å². The lowest BCUT2D eigenvalue weighted by atomic mass is 10.3. The molecule has 0 heterocycles. The molecule has 30 heavy (non-hydrogen) atoms. The van der Waals surface area contributed by atoms with Gasteiger partial charge in [0.15, 0.2) is 0 Å². The van der Waals surface area contributed by atoms with Crippen LogP contribution in [0.5, 0.6) is 0 Å². The van der Waals surface area contributed by atoms with E-state index >= 15 is 0 Å². The molecule has 12 nitrogen and oxygen atoms in total. The van der Waals surface area contributed by atoms with E-state index in [4.69, 9.17) is 39.4 Å². The van der Waals surface area contributed by atoms with Crippen molar-refractivity contribution in [2.45, 2.75) is 23.3 Å². The molecule has 0 fully saturated rings. The van der Waals surface area contributed by atoms with Crippen LogP contribution in [0, 0.1) is 0 Å². The van der Waals surface area contributed by atoms with Crippen LogP contribution in [-0.4, -0.2) is 108 Å². The molecular weight excluding hydrogens is 448 g/mol. The Bertz CT molecular complexity index is 484. The van der Waals surface area contributed by atoms with E-state index in [0.717, 1.165) is 21.6 Å². The fraction of sp³-hybridized carbons (Fsp3) is 0.750. The highest BCUT2D eigenvalue weighted by molar-refractivity contribution is 8.77. The molecule has 2 unspecified atom stereocenters. The van der Waals surface area contributed by atoms with Gasteiger partial charge in [-0.1, -0.05) is 21.6 Å². The van der Waals surface area contributed by atoms with Crippen LogP contribution in [0.2, 0.25) is 0 Å². The summed E-state index contributed by atoms with van der Waals surface area (Å²) in [6.07, 6.45) is -0.898. The van der Waals surface area contributed by atoms with Crippen molar-refractivity contribution < 1.29 is 58.6 Å². The van der Waals surface area contributed by atoms with Gasteiger partial charge in [0.25, 0.3) is 0 Å². The van der Waals surface area contributed by atoms with Gasteiger partial charge in [-0.3, -0.25) is 19.2 Å². The fourth-order valence-corrected chi connectivity index (χ4v) is 4.32. The third-order valence-electron chi connectivity index (χ3n) is 2.90. The third-order valence-corrected chi connectivity index (χ3v) is 5.92. The van der Waals surface area contributed by atoms with Crippen LogP contribution >= 0.6 is 21.6 Å². The molecule has 2 atom stereocenters. The molecule has 14 heteroatoms. The van der Waals surface area contributed by atoms with Crippen LogP contribution < -0.4 is 0 Å². The van der Waals surface area contributed by atoms with Gasteiger partial charge < -0.3 is 39.4 Å². The average Bonchev–Trinajstić information content (AvgIpc) is 2.74. The van der Waals surface area contributed by atoms with E-state index in [0.29, 0.717) is 0 Å². The molecule has 0 saturated heterocycles. The van der Waals surface area contributed by atoms with Crippen LogP contribution in [0.15, 0.2) is 0 Å². The molecule has 0 bridgehead atoms. The highest BCUT2D eigenvalue weighted by atomic mass is 33.1. The standard InChI is InChI=1S/C16H26O12S2/c17-1-5-25-13(21)9-11(15(23)27-7-3-19)29-30-12(16(24)28-8-4-20)10-14(22)26-6-2-18/h11-12,17-20H,1-10H2. The highest BCUT2D eigenvalue weighted by Gasteiger charge is 2.31. The third kappa shape index (κ3) is 13.6. The normalized spacial score (nSPS) is 12.5. The Morgan fingerprint density at radius 3 is 1.17 bits per heavy atom. The van der Waals surface area contributed by atoms with Gasteiger partial charge in [0.05, 0.1) is 39.3 Å². The smallest absolute Gasteiger partial charge is 0.320 e. The first kappa shape index (κ1) is 28.4. The van der Waals surface area contributed by atoms with E-state index < -0.39 is 73.6 Å². The van der Waals surface area contributed by atoms with Gasteiger partial charge >= 0.3 is 23.9 Å². The minimum atomic E-state index is -1.14. The maximum Gasteiger partial charge on any atom is 0.320 e. The number of esters is 4. The number of hydrogen-bond donors (Lipinski definition) is 4. The summed E-state index contributed by atoms with van der Waals surface area (Å²) < 4.78 is 19.0. The monoisotopic (exact) mass is 474 g/mol. The summed E-state index contributed by atoms with van der Waals surface area (Å²) in [6, 6.07) is 0. The molecule has 0 aromatic heterocycles. The fourth-order valence-electron chi connectivity index (χ4n) is 1.67. The molecule has 174 valence electrons. The molecular formula is C16H26O12S2. The molecule has 0 rings (SSSR count). The summed E-state index contributed by atoms with van der Waals surface area (Å²) in [4.78, 5) is 47.8. The Labute approximate surface area is 180 Å². The van der Waals surface area contributed by atoms with Gasteiger partial charge in [-0.15, -0.1) is 0 Å². The molecule has 4 N–H and O–H groups in total. The zero-order chi connectivity index (χ0) is 22.8. The first-order valence-corrected chi connectivity index (χ1v) is 11.1. The second-order valence-corrected chi connectivity index (χ2v) is 7.93. The molecule has 0 aromatic rings. The topological polar surface area (TPSA) is 186 Å². The highest BCUT2D eigenvalue weighted by Crippen LogP contribution is 2.36. The van der Waals surface area contributed by atoms with Crippen LogP contribution in [0.25, 0.3) is 0 Å². The summed E-state index contributed by atoms with van der Waals surface area (Å²) in [5.41, 5.74) is 0. The molecule has 0 saturated carbocycles. The van der Waals surface area contributed by atoms with E-state index in [1.807, 2.05) is 0 Å². The summed E-state index contributed by atoms with van der Waals surface area (Å²) in [6.45, 7) is -2.80. The summed E-state index contributed by atoms with van der Waals surface area (Å²) in [5.74, 6) is -3.31. The number of aliphatic hydroxyl groups is 4. The van der Waals surface area contributed by atoms with Crippen molar-refractivity contribution in [3.63, 3.8) is 0 Å².